The highest BCUT2D eigenvalue weighted by atomic mass is 19.1. The van der Waals surface area contributed by atoms with Gasteiger partial charge in [0.15, 0.2) is 0 Å². The first kappa shape index (κ1) is 7.53. The van der Waals surface area contributed by atoms with Gasteiger partial charge in [0.1, 0.15) is 6.17 Å². The van der Waals surface area contributed by atoms with E-state index in [0.717, 1.165) is 19.3 Å². The fourth-order valence-electron chi connectivity index (χ4n) is 1.52. The molecule has 10 heavy (non-hydrogen) atoms. The average Bonchev–Trinajstić information content (AvgIpc) is 2.31. The summed E-state index contributed by atoms with van der Waals surface area (Å²) < 4.78 is 12.5. The number of hydrogen-bond donors (Lipinski definition) is 0. The van der Waals surface area contributed by atoms with E-state index in [-0.39, 0.29) is 0 Å². The molecule has 0 radical (unpaired) electrons. The van der Waals surface area contributed by atoms with Crippen LogP contribution in [0.3, 0.4) is 0 Å². The number of alkyl halides is 1. The maximum Gasteiger partial charge on any atom is 0.214 e. The summed E-state index contributed by atoms with van der Waals surface area (Å²) in [6.07, 6.45) is 2.76. The van der Waals surface area contributed by atoms with E-state index >= 15 is 0 Å². The maximum atomic E-state index is 12.5. The Morgan fingerprint density at radius 2 is 2.30 bits per heavy atom. The molecule has 0 N–H and O–H groups in total. The highest BCUT2D eigenvalue weighted by Crippen LogP contribution is 2.29. The van der Waals surface area contributed by atoms with Crippen LogP contribution in [0.4, 0.5) is 4.39 Å². The van der Waals surface area contributed by atoms with E-state index in [0.29, 0.717) is 18.9 Å². The molecule has 0 aromatic heterocycles. The van der Waals surface area contributed by atoms with Gasteiger partial charge in [0.05, 0.1) is 0 Å². The summed E-state index contributed by atoms with van der Waals surface area (Å²) in [5, 5.41) is 0. The Morgan fingerprint density at radius 3 is 2.80 bits per heavy atom. The lowest BCUT2D eigenvalue weighted by molar-refractivity contribution is 0.329. The Hall–Kier alpha value is -0.580. The Labute approximate surface area is 61.1 Å². The van der Waals surface area contributed by atoms with Gasteiger partial charge in [0.2, 0.25) is 6.54 Å². The van der Waals surface area contributed by atoms with Gasteiger partial charge in [0.25, 0.3) is 0 Å². The van der Waals surface area contributed by atoms with E-state index in [1.54, 1.807) is 0 Å². The maximum absolute atomic E-state index is 12.5. The quantitative estimate of drug-likeness (QED) is 0.520. The average molecular weight is 141 g/mol. The van der Waals surface area contributed by atoms with Gasteiger partial charge in [-0.15, -0.1) is 0 Å². The van der Waals surface area contributed by atoms with Gasteiger partial charge < -0.3 is 4.85 Å². The minimum atomic E-state index is -0.573. The second-order valence-corrected chi connectivity index (χ2v) is 2.95. The minimum Gasteiger partial charge on any atom is -0.317 e. The fourth-order valence-corrected chi connectivity index (χ4v) is 1.52. The smallest absolute Gasteiger partial charge is 0.214 e. The zero-order chi connectivity index (χ0) is 7.40. The molecule has 0 amide bonds. The molecule has 0 saturated heterocycles. The van der Waals surface area contributed by atoms with Crippen LogP contribution in [0, 0.1) is 12.5 Å². The molecule has 1 fully saturated rings. The first-order valence-electron chi connectivity index (χ1n) is 3.80. The normalized spacial score (nSPS) is 32.0. The summed E-state index contributed by atoms with van der Waals surface area (Å²) in [4.78, 5) is 3.25. The SMILES string of the molecule is [C-]#[N+]CCC1CCC(F)C1. The van der Waals surface area contributed by atoms with Crippen LogP contribution >= 0.6 is 0 Å². The molecule has 0 aliphatic heterocycles. The third-order valence-corrected chi connectivity index (χ3v) is 2.13. The molecule has 0 heterocycles. The van der Waals surface area contributed by atoms with Crippen molar-refractivity contribution in [2.45, 2.75) is 31.9 Å². The molecule has 56 valence electrons. The van der Waals surface area contributed by atoms with Crippen molar-refractivity contribution in [3.05, 3.63) is 11.4 Å². The van der Waals surface area contributed by atoms with Crippen molar-refractivity contribution < 1.29 is 4.39 Å². The molecule has 1 nitrogen and oxygen atoms in total. The molecule has 0 aromatic rings. The van der Waals surface area contributed by atoms with E-state index in [9.17, 15) is 4.39 Å². The minimum absolute atomic E-state index is 0.504. The molecular weight excluding hydrogens is 129 g/mol. The molecular formula is C8H12FN. The van der Waals surface area contributed by atoms with E-state index in [1.807, 2.05) is 0 Å². The second-order valence-electron chi connectivity index (χ2n) is 2.95. The van der Waals surface area contributed by atoms with Crippen LogP contribution in [0.15, 0.2) is 0 Å². The topological polar surface area (TPSA) is 4.36 Å². The summed E-state index contributed by atoms with van der Waals surface area (Å²) in [6.45, 7) is 7.13. The van der Waals surface area contributed by atoms with Crippen LogP contribution in [0.2, 0.25) is 0 Å². The first-order chi connectivity index (χ1) is 4.83. The largest absolute Gasteiger partial charge is 0.317 e. The monoisotopic (exact) mass is 141 g/mol. The number of hydrogen-bond acceptors (Lipinski definition) is 0. The lowest BCUT2D eigenvalue weighted by Crippen LogP contribution is -1.97. The Kier molecular flexibility index (Phi) is 2.68. The third kappa shape index (κ3) is 1.98. The van der Waals surface area contributed by atoms with Crippen LogP contribution in [-0.4, -0.2) is 12.7 Å². The fraction of sp³-hybridized carbons (Fsp3) is 0.875. The van der Waals surface area contributed by atoms with Gasteiger partial charge in [-0.3, -0.25) is 0 Å². The lowest BCUT2D eigenvalue weighted by atomic mass is 10.0. The Balaban J connectivity index is 2.14. The molecule has 0 aromatic carbocycles. The van der Waals surface area contributed by atoms with Crippen molar-refractivity contribution in [1.82, 2.24) is 0 Å². The van der Waals surface area contributed by atoms with E-state index in [1.165, 1.54) is 0 Å². The van der Waals surface area contributed by atoms with Gasteiger partial charge >= 0.3 is 0 Å². The molecule has 2 atom stereocenters. The lowest BCUT2D eigenvalue weighted by Gasteiger charge is -2.01. The van der Waals surface area contributed by atoms with Crippen molar-refractivity contribution >= 4 is 0 Å². The van der Waals surface area contributed by atoms with Gasteiger partial charge in [-0.1, -0.05) is 0 Å². The molecule has 1 aliphatic rings. The molecule has 1 rings (SSSR count). The molecule has 1 saturated carbocycles. The van der Waals surface area contributed by atoms with Gasteiger partial charge in [-0.2, -0.15) is 0 Å². The van der Waals surface area contributed by atoms with Crippen LogP contribution in [0.25, 0.3) is 4.85 Å². The number of rotatable bonds is 2. The highest BCUT2D eigenvalue weighted by molar-refractivity contribution is 4.77. The van der Waals surface area contributed by atoms with Crippen LogP contribution < -0.4 is 0 Å². The predicted molar refractivity (Wildman–Crippen MR) is 38.3 cm³/mol. The molecule has 2 unspecified atom stereocenters. The molecule has 0 spiro atoms. The first-order valence-corrected chi connectivity index (χ1v) is 3.80. The summed E-state index contributed by atoms with van der Waals surface area (Å²) in [5.41, 5.74) is 0. The number of halogens is 1. The second kappa shape index (κ2) is 3.55. The zero-order valence-electron chi connectivity index (χ0n) is 6.02. The van der Waals surface area contributed by atoms with Crippen LogP contribution in [0.1, 0.15) is 25.7 Å². The highest BCUT2D eigenvalue weighted by Gasteiger charge is 2.24. The van der Waals surface area contributed by atoms with Crippen LogP contribution in [-0.2, 0) is 0 Å². The van der Waals surface area contributed by atoms with Crippen molar-refractivity contribution in [3.63, 3.8) is 0 Å². The molecule has 1 aliphatic carbocycles. The van der Waals surface area contributed by atoms with Crippen molar-refractivity contribution in [3.8, 4) is 0 Å². The Bertz CT molecular complexity index is 139. The van der Waals surface area contributed by atoms with E-state index in [2.05, 4.69) is 4.85 Å². The van der Waals surface area contributed by atoms with E-state index in [4.69, 9.17) is 6.57 Å². The Morgan fingerprint density at radius 1 is 1.50 bits per heavy atom. The van der Waals surface area contributed by atoms with Gasteiger partial charge in [0, 0.05) is 6.42 Å². The van der Waals surface area contributed by atoms with Crippen molar-refractivity contribution in [2.24, 2.45) is 5.92 Å². The molecule has 2 heteroatoms. The van der Waals surface area contributed by atoms with Crippen molar-refractivity contribution in [2.75, 3.05) is 6.54 Å². The summed E-state index contributed by atoms with van der Waals surface area (Å²) in [7, 11) is 0. The summed E-state index contributed by atoms with van der Waals surface area (Å²) in [6, 6.07) is 0. The summed E-state index contributed by atoms with van der Waals surface area (Å²) in [5.74, 6) is 0.504. The van der Waals surface area contributed by atoms with Crippen LogP contribution in [0.5, 0.6) is 0 Å². The summed E-state index contributed by atoms with van der Waals surface area (Å²) >= 11 is 0. The van der Waals surface area contributed by atoms with Crippen molar-refractivity contribution in [1.29, 1.82) is 0 Å². The molecule has 0 bridgehead atoms. The van der Waals surface area contributed by atoms with Gasteiger partial charge in [-0.05, 0) is 25.2 Å². The third-order valence-electron chi connectivity index (χ3n) is 2.13. The van der Waals surface area contributed by atoms with E-state index < -0.39 is 6.17 Å². The number of nitrogens with zero attached hydrogens (tertiary/aromatic N) is 1. The standard InChI is InChI=1S/C8H12FN/c1-10-5-4-7-2-3-8(9)6-7/h7-8H,2-6H2. The predicted octanol–water partition coefficient (Wildman–Crippen LogP) is 2.43. The zero-order valence-corrected chi connectivity index (χ0v) is 6.02. The van der Waals surface area contributed by atoms with Gasteiger partial charge in [-0.25, -0.2) is 11.0 Å².